The van der Waals surface area contributed by atoms with Crippen LogP contribution in [-0.4, -0.2) is 24.8 Å². The van der Waals surface area contributed by atoms with Crippen LogP contribution < -0.4 is 10.9 Å². The lowest BCUT2D eigenvalue weighted by molar-refractivity contribution is -0.121. The molecule has 0 unspecified atom stereocenters. The molecule has 31 heavy (non-hydrogen) atoms. The quantitative estimate of drug-likeness (QED) is 0.499. The van der Waals surface area contributed by atoms with Crippen LogP contribution in [0.1, 0.15) is 36.0 Å². The lowest BCUT2D eigenvalue weighted by Gasteiger charge is -2.09. The summed E-state index contributed by atoms with van der Waals surface area (Å²) in [6, 6.07) is 7.68. The van der Waals surface area contributed by atoms with Crippen molar-refractivity contribution in [3.8, 4) is 11.3 Å². The van der Waals surface area contributed by atoms with Crippen molar-refractivity contribution in [2.24, 2.45) is 0 Å². The third-order valence-corrected chi connectivity index (χ3v) is 6.20. The van der Waals surface area contributed by atoms with Crippen LogP contribution in [0, 0.1) is 12.7 Å². The zero-order valence-electron chi connectivity index (χ0n) is 17.4. The van der Waals surface area contributed by atoms with Crippen LogP contribution >= 0.6 is 11.3 Å². The van der Waals surface area contributed by atoms with Gasteiger partial charge in [0.25, 0.3) is 5.56 Å². The van der Waals surface area contributed by atoms with Gasteiger partial charge in [0.15, 0.2) is 4.96 Å². The van der Waals surface area contributed by atoms with E-state index >= 15 is 0 Å². The van der Waals surface area contributed by atoms with E-state index in [9.17, 15) is 14.0 Å². The zero-order chi connectivity index (χ0) is 22.1. The van der Waals surface area contributed by atoms with Crippen molar-refractivity contribution in [1.82, 2.24) is 24.3 Å². The number of fused-ring (bicyclic) bond motifs is 1. The molecule has 1 N–H and O–H groups in total. The second-order valence-electron chi connectivity index (χ2n) is 7.61. The number of nitrogens with zero attached hydrogens (tertiary/aromatic N) is 4. The Hall–Kier alpha value is -3.33. The van der Waals surface area contributed by atoms with E-state index in [1.54, 1.807) is 12.1 Å². The van der Waals surface area contributed by atoms with Gasteiger partial charge in [0.2, 0.25) is 5.91 Å². The molecule has 0 atom stereocenters. The number of halogens is 1. The van der Waals surface area contributed by atoms with Gasteiger partial charge in [-0.3, -0.25) is 18.6 Å². The van der Waals surface area contributed by atoms with Gasteiger partial charge < -0.3 is 5.32 Å². The fraction of sp³-hybridized carbons (Fsp3) is 0.273. The van der Waals surface area contributed by atoms with Gasteiger partial charge in [-0.2, -0.15) is 0 Å². The number of benzene rings is 1. The van der Waals surface area contributed by atoms with E-state index in [-0.39, 0.29) is 29.7 Å². The van der Waals surface area contributed by atoms with E-state index in [0.29, 0.717) is 12.2 Å². The molecule has 0 saturated carbocycles. The number of aryl methyl sites for hydroxylation is 1. The lowest BCUT2D eigenvalue weighted by atomic mass is 10.1. The highest BCUT2D eigenvalue weighted by Crippen LogP contribution is 2.27. The van der Waals surface area contributed by atoms with Crippen molar-refractivity contribution in [3.05, 3.63) is 75.3 Å². The lowest BCUT2D eigenvalue weighted by Crippen LogP contribution is -2.32. The van der Waals surface area contributed by atoms with Crippen LogP contribution in [0.5, 0.6) is 0 Å². The summed E-state index contributed by atoms with van der Waals surface area (Å²) in [5.41, 5.74) is 3.05. The van der Waals surface area contributed by atoms with Gasteiger partial charge in [-0.05, 0) is 37.1 Å². The van der Waals surface area contributed by atoms with E-state index in [1.807, 2.05) is 31.4 Å². The number of hydrogen-bond acceptors (Lipinski definition) is 5. The molecule has 0 aliphatic rings. The average Bonchev–Trinajstić information content (AvgIpc) is 3.27. The topological polar surface area (TPSA) is 81.3 Å². The molecular weight excluding hydrogens is 417 g/mol. The van der Waals surface area contributed by atoms with Crippen LogP contribution in [0.25, 0.3) is 16.2 Å². The Morgan fingerprint density at radius 1 is 1.26 bits per heavy atom. The summed E-state index contributed by atoms with van der Waals surface area (Å²) in [6.45, 7) is 6.14. The largest absolute Gasteiger partial charge is 0.350 e. The fourth-order valence-corrected chi connectivity index (χ4v) is 4.22. The van der Waals surface area contributed by atoms with Crippen molar-refractivity contribution < 1.29 is 9.18 Å². The summed E-state index contributed by atoms with van der Waals surface area (Å²) in [4.78, 5) is 35.1. The minimum absolute atomic E-state index is 0.0829. The molecular formula is C22H22FN5O2S. The predicted octanol–water partition coefficient (Wildman–Crippen LogP) is 3.51. The summed E-state index contributed by atoms with van der Waals surface area (Å²) in [6.07, 6.45) is 3.32. The van der Waals surface area contributed by atoms with Crippen LogP contribution in [-0.2, 0) is 17.9 Å². The summed E-state index contributed by atoms with van der Waals surface area (Å²) in [7, 11) is 0. The number of amides is 1. The highest BCUT2D eigenvalue weighted by Gasteiger charge is 2.14. The van der Waals surface area contributed by atoms with Crippen LogP contribution in [0.3, 0.4) is 0 Å². The SMILES string of the molecule is Cc1c(CNC(=O)Cn2cnc(C(C)C)cc2=O)sc2nc(-c3ccc(F)cc3)cn12. The molecule has 7 nitrogen and oxygen atoms in total. The first-order chi connectivity index (χ1) is 14.8. The summed E-state index contributed by atoms with van der Waals surface area (Å²) in [5, 5.41) is 2.86. The first-order valence-electron chi connectivity index (χ1n) is 9.88. The first kappa shape index (κ1) is 20.9. The standard InChI is InChI=1S/C22H22FN5O2S/c1-13(2)17-8-21(30)27(12-25-17)11-20(29)24-9-19-14(3)28-10-18(26-22(28)31-19)15-4-6-16(23)7-5-15/h4-8,10,12-13H,9,11H2,1-3H3,(H,24,29). The van der Waals surface area contributed by atoms with E-state index < -0.39 is 0 Å². The first-order valence-corrected chi connectivity index (χ1v) is 10.7. The molecule has 0 bridgehead atoms. The Labute approximate surface area is 182 Å². The van der Waals surface area contributed by atoms with Gasteiger partial charge in [-0.15, -0.1) is 0 Å². The fourth-order valence-electron chi connectivity index (χ4n) is 3.18. The average molecular weight is 440 g/mol. The van der Waals surface area contributed by atoms with Gasteiger partial charge in [0, 0.05) is 28.4 Å². The molecule has 4 aromatic rings. The van der Waals surface area contributed by atoms with Crippen molar-refractivity contribution in [3.63, 3.8) is 0 Å². The number of imidazole rings is 1. The van der Waals surface area contributed by atoms with Crippen LogP contribution in [0.4, 0.5) is 4.39 Å². The summed E-state index contributed by atoms with van der Waals surface area (Å²) in [5.74, 6) is -0.396. The van der Waals surface area contributed by atoms with Gasteiger partial charge in [0.1, 0.15) is 12.4 Å². The molecule has 4 rings (SSSR count). The molecule has 9 heteroatoms. The maximum Gasteiger partial charge on any atom is 0.254 e. The smallest absolute Gasteiger partial charge is 0.254 e. The molecule has 0 fully saturated rings. The normalized spacial score (nSPS) is 11.4. The molecule has 3 aromatic heterocycles. The molecule has 160 valence electrons. The molecule has 1 aromatic carbocycles. The molecule has 1 amide bonds. The third kappa shape index (κ3) is 4.41. The maximum atomic E-state index is 13.1. The summed E-state index contributed by atoms with van der Waals surface area (Å²) >= 11 is 1.48. The Bertz CT molecular complexity index is 1300. The Morgan fingerprint density at radius 2 is 2.00 bits per heavy atom. The Balaban J connectivity index is 1.43. The van der Waals surface area contributed by atoms with Crippen molar-refractivity contribution >= 4 is 22.2 Å². The van der Waals surface area contributed by atoms with E-state index in [0.717, 1.165) is 26.8 Å². The number of thiazole rings is 1. The van der Waals surface area contributed by atoms with Gasteiger partial charge >= 0.3 is 0 Å². The number of rotatable bonds is 6. The van der Waals surface area contributed by atoms with E-state index in [4.69, 9.17) is 0 Å². The summed E-state index contributed by atoms with van der Waals surface area (Å²) < 4.78 is 16.4. The molecule has 0 aliphatic heterocycles. The molecule has 0 saturated heterocycles. The zero-order valence-corrected chi connectivity index (χ0v) is 18.2. The minimum atomic E-state index is -0.284. The number of nitrogens with one attached hydrogen (secondary N) is 1. The van der Waals surface area contributed by atoms with Gasteiger partial charge in [0.05, 0.1) is 24.3 Å². The van der Waals surface area contributed by atoms with Crippen molar-refractivity contribution in [1.29, 1.82) is 0 Å². The maximum absolute atomic E-state index is 13.1. The number of carbonyl (C=O) groups is 1. The molecule has 3 heterocycles. The Morgan fingerprint density at radius 3 is 2.65 bits per heavy atom. The molecule has 0 radical (unpaired) electrons. The molecule has 0 aliphatic carbocycles. The van der Waals surface area contributed by atoms with Crippen molar-refractivity contribution in [2.45, 2.75) is 39.8 Å². The second-order valence-corrected chi connectivity index (χ2v) is 8.67. The second kappa shape index (κ2) is 8.43. The molecule has 0 spiro atoms. The number of carbonyl (C=O) groups excluding carboxylic acids is 1. The van der Waals surface area contributed by atoms with Gasteiger partial charge in [-0.1, -0.05) is 25.2 Å². The van der Waals surface area contributed by atoms with Crippen molar-refractivity contribution in [2.75, 3.05) is 0 Å². The highest BCUT2D eigenvalue weighted by molar-refractivity contribution is 7.17. The predicted molar refractivity (Wildman–Crippen MR) is 118 cm³/mol. The third-order valence-electron chi connectivity index (χ3n) is 5.05. The Kier molecular flexibility index (Phi) is 5.69. The number of aromatic nitrogens is 4. The van der Waals surface area contributed by atoms with Crippen LogP contribution in [0.15, 0.2) is 47.7 Å². The minimum Gasteiger partial charge on any atom is -0.350 e. The van der Waals surface area contributed by atoms with E-state index in [1.165, 1.54) is 40.4 Å². The van der Waals surface area contributed by atoms with E-state index in [2.05, 4.69) is 15.3 Å². The monoisotopic (exact) mass is 439 g/mol. The van der Waals surface area contributed by atoms with Crippen LogP contribution in [0.2, 0.25) is 0 Å². The number of hydrogen-bond donors (Lipinski definition) is 1. The highest BCUT2D eigenvalue weighted by atomic mass is 32.1. The van der Waals surface area contributed by atoms with Gasteiger partial charge in [-0.25, -0.2) is 14.4 Å².